The van der Waals surface area contributed by atoms with E-state index in [1.54, 1.807) is 0 Å². The van der Waals surface area contributed by atoms with Crippen LogP contribution in [0.5, 0.6) is 0 Å². The quantitative estimate of drug-likeness (QED) is 0.677. The highest BCUT2D eigenvalue weighted by molar-refractivity contribution is 6.31. The van der Waals surface area contributed by atoms with Gasteiger partial charge in [-0.2, -0.15) is 0 Å². The lowest BCUT2D eigenvalue weighted by molar-refractivity contribution is 0.394. The third-order valence-electron chi connectivity index (χ3n) is 1.50. The van der Waals surface area contributed by atoms with E-state index in [9.17, 15) is 0 Å². The summed E-state index contributed by atoms with van der Waals surface area (Å²) in [7, 11) is 0. The minimum absolute atomic E-state index is 0.223. The Hall–Kier alpha value is -1.35. The molecule has 12 heavy (non-hydrogen) atoms. The molecular weight excluding hydrogens is 176 g/mol. The Bertz CT molecular complexity index is 372. The summed E-state index contributed by atoms with van der Waals surface area (Å²) in [4.78, 5) is 0. The highest BCUT2D eigenvalue weighted by Gasteiger charge is 2.08. The average molecular weight is 181 g/mol. The van der Waals surface area contributed by atoms with Crippen molar-refractivity contribution in [2.24, 2.45) is 0 Å². The highest BCUT2D eigenvalue weighted by atomic mass is 35.5. The first-order valence-corrected chi connectivity index (χ1v) is 3.79. The molecule has 0 unspecified atom stereocenters. The summed E-state index contributed by atoms with van der Waals surface area (Å²) in [5, 5.41) is 7.30. The minimum atomic E-state index is 0.223. The average Bonchev–Trinajstić information content (AvgIpc) is 2.53. The monoisotopic (exact) mass is 180 g/mol. The molecule has 0 bridgehead atoms. The molecule has 1 heterocycles. The van der Waals surface area contributed by atoms with E-state index in [0.29, 0.717) is 5.69 Å². The number of hydrogen-bond donors (Lipinski definition) is 0. The van der Waals surface area contributed by atoms with Crippen LogP contribution in [0.15, 0.2) is 34.9 Å². The Balaban J connectivity index is 2.51. The van der Waals surface area contributed by atoms with Crippen LogP contribution in [-0.2, 0) is 0 Å². The van der Waals surface area contributed by atoms with E-state index in [1.165, 1.54) is 0 Å². The first-order chi connectivity index (χ1) is 5.88. The van der Waals surface area contributed by atoms with Gasteiger partial charge in [0.2, 0.25) is 0 Å². The summed E-state index contributed by atoms with van der Waals surface area (Å²) in [6, 6.07) is 9.52. The maximum absolute atomic E-state index is 5.68. The van der Waals surface area contributed by atoms with Crippen LogP contribution in [0.3, 0.4) is 0 Å². The molecule has 0 atom stereocenters. The zero-order chi connectivity index (χ0) is 8.39. The maximum atomic E-state index is 5.68. The van der Waals surface area contributed by atoms with Crippen molar-refractivity contribution in [3.8, 4) is 11.3 Å². The molecule has 1 aromatic heterocycles. The van der Waals surface area contributed by atoms with Crippen molar-refractivity contribution in [2.75, 3.05) is 0 Å². The Morgan fingerprint density at radius 3 is 2.50 bits per heavy atom. The van der Waals surface area contributed by atoms with E-state index >= 15 is 0 Å². The SMILES string of the molecule is Clc1onnc1-c1ccccc1. The molecule has 0 radical (unpaired) electrons. The van der Waals surface area contributed by atoms with E-state index in [0.717, 1.165) is 5.56 Å². The summed E-state index contributed by atoms with van der Waals surface area (Å²) in [6.45, 7) is 0. The van der Waals surface area contributed by atoms with Gasteiger partial charge in [-0.3, -0.25) is 0 Å². The summed E-state index contributed by atoms with van der Waals surface area (Å²) in [6.07, 6.45) is 0. The molecule has 0 fully saturated rings. The number of hydrogen-bond acceptors (Lipinski definition) is 3. The van der Waals surface area contributed by atoms with Gasteiger partial charge in [0, 0.05) is 10.8 Å². The molecule has 0 aliphatic rings. The first kappa shape index (κ1) is 7.31. The van der Waals surface area contributed by atoms with Crippen LogP contribution in [-0.4, -0.2) is 10.4 Å². The van der Waals surface area contributed by atoms with E-state index in [-0.39, 0.29) is 5.22 Å². The molecule has 0 saturated carbocycles. The summed E-state index contributed by atoms with van der Waals surface area (Å²) in [5.74, 6) is 0. The molecule has 0 aliphatic heterocycles. The standard InChI is InChI=1S/C8H5ClN2O/c9-8-7(10-11-12-8)6-4-2-1-3-5-6/h1-5H. The molecule has 4 heteroatoms. The van der Waals surface area contributed by atoms with Gasteiger partial charge in [0.15, 0.2) is 5.69 Å². The third-order valence-corrected chi connectivity index (χ3v) is 1.74. The van der Waals surface area contributed by atoms with Crippen molar-refractivity contribution in [3.05, 3.63) is 35.6 Å². The van der Waals surface area contributed by atoms with Crippen molar-refractivity contribution in [3.63, 3.8) is 0 Å². The van der Waals surface area contributed by atoms with Crippen LogP contribution in [0.2, 0.25) is 5.22 Å². The largest absolute Gasteiger partial charge is 0.324 e. The van der Waals surface area contributed by atoms with Gasteiger partial charge in [0.25, 0.3) is 5.22 Å². The summed E-state index contributed by atoms with van der Waals surface area (Å²) >= 11 is 5.68. The van der Waals surface area contributed by atoms with Gasteiger partial charge < -0.3 is 4.52 Å². The van der Waals surface area contributed by atoms with E-state index < -0.39 is 0 Å². The van der Waals surface area contributed by atoms with Crippen molar-refractivity contribution in [1.82, 2.24) is 10.4 Å². The Morgan fingerprint density at radius 2 is 1.92 bits per heavy atom. The highest BCUT2D eigenvalue weighted by Crippen LogP contribution is 2.23. The van der Waals surface area contributed by atoms with Gasteiger partial charge >= 0.3 is 0 Å². The second-order valence-electron chi connectivity index (χ2n) is 2.26. The third kappa shape index (κ3) is 1.19. The molecule has 0 saturated heterocycles. The van der Waals surface area contributed by atoms with Gasteiger partial charge in [-0.15, -0.1) is 5.10 Å². The normalized spacial score (nSPS) is 10.1. The second kappa shape index (κ2) is 2.95. The predicted molar refractivity (Wildman–Crippen MR) is 44.7 cm³/mol. The molecule has 0 aliphatic carbocycles. The number of aromatic nitrogens is 2. The van der Waals surface area contributed by atoms with Crippen LogP contribution < -0.4 is 0 Å². The molecular formula is C8H5ClN2O. The Morgan fingerprint density at radius 1 is 1.17 bits per heavy atom. The fourth-order valence-electron chi connectivity index (χ4n) is 0.947. The number of benzene rings is 1. The molecule has 1 aromatic carbocycles. The lowest BCUT2D eigenvalue weighted by Crippen LogP contribution is -1.76. The maximum Gasteiger partial charge on any atom is 0.254 e. The Kier molecular flexibility index (Phi) is 1.80. The zero-order valence-corrected chi connectivity index (χ0v) is 6.82. The van der Waals surface area contributed by atoms with Crippen molar-refractivity contribution in [1.29, 1.82) is 0 Å². The molecule has 0 amide bonds. The van der Waals surface area contributed by atoms with Gasteiger partial charge in [0.05, 0.1) is 0 Å². The molecule has 2 aromatic rings. The van der Waals surface area contributed by atoms with Crippen molar-refractivity contribution in [2.45, 2.75) is 0 Å². The predicted octanol–water partition coefficient (Wildman–Crippen LogP) is 2.39. The van der Waals surface area contributed by atoms with E-state index in [1.807, 2.05) is 30.3 Å². The fraction of sp³-hybridized carbons (Fsp3) is 0. The first-order valence-electron chi connectivity index (χ1n) is 3.41. The topological polar surface area (TPSA) is 38.9 Å². The van der Waals surface area contributed by atoms with Crippen LogP contribution >= 0.6 is 11.6 Å². The Labute approximate surface area is 73.9 Å². The molecule has 2 rings (SSSR count). The minimum Gasteiger partial charge on any atom is -0.324 e. The van der Waals surface area contributed by atoms with Crippen LogP contribution in [0.4, 0.5) is 0 Å². The van der Waals surface area contributed by atoms with Gasteiger partial charge in [-0.05, 0) is 11.6 Å². The van der Waals surface area contributed by atoms with Crippen molar-refractivity contribution < 1.29 is 4.52 Å². The fourth-order valence-corrected chi connectivity index (χ4v) is 1.12. The van der Waals surface area contributed by atoms with Gasteiger partial charge in [-0.25, -0.2) is 0 Å². The molecule has 60 valence electrons. The molecule has 0 N–H and O–H groups in total. The van der Waals surface area contributed by atoms with Crippen LogP contribution in [0, 0.1) is 0 Å². The van der Waals surface area contributed by atoms with Gasteiger partial charge in [-0.1, -0.05) is 30.3 Å². The summed E-state index contributed by atoms with van der Waals surface area (Å²) < 4.78 is 4.62. The number of nitrogens with zero attached hydrogens (tertiary/aromatic N) is 2. The zero-order valence-electron chi connectivity index (χ0n) is 6.07. The number of halogens is 1. The van der Waals surface area contributed by atoms with Gasteiger partial charge in [0.1, 0.15) is 0 Å². The summed E-state index contributed by atoms with van der Waals surface area (Å²) in [5.41, 5.74) is 1.49. The van der Waals surface area contributed by atoms with Crippen LogP contribution in [0.1, 0.15) is 0 Å². The molecule has 3 nitrogen and oxygen atoms in total. The smallest absolute Gasteiger partial charge is 0.254 e. The number of rotatable bonds is 1. The molecule has 0 spiro atoms. The van der Waals surface area contributed by atoms with Crippen LogP contribution in [0.25, 0.3) is 11.3 Å². The lowest BCUT2D eigenvalue weighted by Gasteiger charge is -1.91. The van der Waals surface area contributed by atoms with E-state index in [2.05, 4.69) is 14.9 Å². The second-order valence-corrected chi connectivity index (χ2v) is 2.60. The lowest BCUT2D eigenvalue weighted by atomic mass is 10.2. The van der Waals surface area contributed by atoms with Crippen molar-refractivity contribution >= 4 is 11.6 Å². The van der Waals surface area contributed by atoms with E-state index in [4.69, 9.17) is 11.6 Å².